The van der Waals surface area contributed by atoms with Crippen LogP contribution in [-0.4, -0.2) is 58.9 Å². The van der Waals surface area contributed by atoms with Crippen LogP contribution in [0.1, 0.15) is 24.2 Å². The van der Waals surface area contributed by atoms with Crippen molar-refractivity contribution in [1.82, 2.24) is 19.5 Å². The lowest BCUT2D eigenvalue weighted by atomic mass is 10.1. The van der Waals surface area contributed by atoms with Crippen LogP contribution in [-0.2, 0) is 6.42 Å². The molecule has 6 rings (SSSR count). The van der Waals surface area contributed by atoms with Crippen molar-refractivity contribution < 1.29 is 9.47 Å². The molecule has 0 bridgehead atoms. The number of aromatic nitrogens is 3. The molecular formula is C27H29N5O2. The number of anilines is 1. The molecule has 7 nitrogen and oxygen atoms in total. The van der Waals surface area contributed by atoms with Crippen molar-refractivity contribution in [1.29, 1.82) is 0 Å². The van der Waals surface area contributed by atoms with Gasteiger partial charge in [0.1, 0.15) is 13.2 Å². The summed E-state index contributed by atoms with van der Waals surface area (Å²) in [5, 5.41) is 8.36. The normalized spacial score (nSPS) is 15.6. The fourth-order valence-corrected chi connectivity index (χ4v) is 4.73. The predicted octanol–water partition coefficient (Wildman–Crippen LogP) is 4.27. The Balaban J connectivity index is 1.16. The summed E-state index contributed by atoms with van der Waals surface area (Å²) in [4.78, 5) is 7.30. The molecule has 2 aromatic carbocycles. The zero-order valence-electron chi connectivity index (χ0n) is 19.2. The number of pyridine rings is 1. The summed E-state index contributed by atoms with van der Waals surface area (Å²) < 4.78 is 13.3. The van der Waals surface area contributed by atoms with Crippen LogP contribution in [0.5, 0.6) is 11.5 Å². The number of likely N-dealkylation sites (tertiary alicyclic amines) is 1. The summed E-state index contributed by atoms with van der Waals surface area (Å²) in [7, 11) is 0. The number of hydrogen-bond acceptors (Lipinski definition) is 6. The van der Waals surface area contributed by atoms with Gasteiger partial charge in [0, 0.05) is 30.8 Å². The highest BCUT2D eigenvalue weighted by Crippen LogP contribution is 2.34. The van der Waals surface area contributed by atoms with Gasteiger partial charge < -0.3 is 19.7 Å². The topological polar surface area (TPSA) is 63.9 Å². The molecule has 4 heterocycles. The van der Waals surface area contributed by atoms with Gasteiger partial charge in [0.05, 0.1) is 5.69 Å². The predicted molar refractivity (Wildman–Crippen MR) is 133 cm³/mol. The van der Waals surface area contributed by atoms with E-state index in [1.807, 2.05) is 34.8 Å². The molecule has 4 aromatic rings. The van der Waals surface area contributed by atoms with Crippen molar-refractivity contribution in [2.75, 3.05) is 44.7 Å². The standard InChI is InChI=1S/C27H29N5O2/c1-2-14-31(13-1)15-12-28-22-9-6-20(7-10-22)18-26-29-27-5-3-4-23(32(27)30-26)21-8-11-24-25(19-21)34-17-16-33-24/h3-11,19,28H,1-2,12-18H2. The Hall–Kier alpha value is -3.58. The smallest absolute Gasteiger partial charge is 0.162 e. The van der Waals surface area contributed by atoms with Gasteiger partial charge in [-0.1, -0.05) is 18.2 Å². The molecule has 0 aliphatic carbocycles. The minimum Gasteiger partial charge on any atom is -0.486 e. The van der Waals surface area contributed by atoms with Crippen LogP contribution in [0.4, 0.5) is 5.69 Å². The van der Waals surface area contributed by atoms with Gasteiger partial charge in [-0.05, 0) is 74.0 Å². The van der Waals surface area contributed by atoms with Gasteiger partial charge in [-0.3, -0.25) is 0 Å². The molecular weight excluding hydrogens is 426 g/mol. The van der Waals surface area contributed by atoms with E-state index in [0.29, 0.717) is 19.6 Å². The van der Waals surface area contributed by atoms with E-state index in [1.165, 1.54) is 31.5 Å². The van der Waals surface area contributed by atoms with Crippen molar-refractivity contribution in [3.8, 4) is 22.8 Å². The van der Waals surface area contributed by atoms with Crippen LogP contribution >= 0.6 is 0 Å². The summed E-state index contributed by atoms with van der Waals surface area (Å²) >= 11 is 0. The molecule has 0 spiro atoms. The van der Waals surface area contributed by atoms with E-state index in [2.05, 4.69) is 40.5 Å². The third-order valence-electron chi connectivity index (χ3n) is 6.51. The van der Waals surface area contributed by atoms with Crippen LogP contribution in [0.25, 0.3) is 16.9 Å². The van der Waals surface area contributed by atoms with Crippen LogP contribution in [0.3, 0.4) is 0 Å². The van der Waals surface area contributed by atoms with Gasteiger partial charge in [-0.2, -0.15) is 5.10 Å². The van der Waals surface area contributed by atoms with Crippen LogP contribution in [0.2, 0.25) is 0 Å². The molecule has 34 heavy (non-hydrogen) atoms. The number of nitrogens with zero attached hydrogens (tertiary/aromatic N) is 4. The molecule has 0 amide bonds. The Morgan fingerprint density at radius 1 is 0.882 bits per heavy atom. The zero-order valence-corrected chi connectivity index (χ0v) is 19.2. The molecule has 0 radical (unpaired) electrons. The first-order valence-corrected chi connectivity index (χ1v) is 12.1. The van der Waals surface area contributed by atoms with Crippen molar-refractivity contribution in [2.45, 2.75) is 19.3 Å². The highest BCUT2D eigenvalue weighted by molar-refractivity contribution is 5.66. The van der Waals surface area contributed by atoms with E-state index in [1.54, 1.807) is 0 Å². The van der Waals surface area contributed by atoms with Gasteiger partial charge in [0.2, 0.25) is 0 Å². The van der Waals surface area contributed by atoms with Crippen LogP contribution in [0, 0.1) is 0 Å². The van der Waals surface area contributed by atoms with E-state index >= 15 is 0 Å². The summed E-state index contributed by atoms with van der Waals surface area (Å²) in [6.45, 7) is 5.73. The van der Waals surface area contributed by atoms with E-state index in [-0.39, 0.29) is 0 Å². The van der Waals surface area contributed by atoms with Gasteiger partial charge in [-0.15, -0.1) is 0 Å². The first kappa shape index (κ1) is 21.0. The van der Waals surface area contributed by atoms with Crippen molar-refractivity contribution in [3.63, 3.8) is 0 Å². The Kier molecular flexibility index (Phi) is 5.77. The molecule has 0 saturated carbocycles. The van der Waals surface area contributed by atoms with Crippen LogP contribution in [0.15, 0.2) is 60.7 Å². The first-order valence-electron chi connectivity index (χ1n) is 12.1. The Morgan fingerprint density at radius 2 is 1.71 bits per heavy atom. The van der Waals surface area contributed by atoms with Gasteiger partial charge in [0.25, 0.3) is 0 Å². The number of rotatable bonds is 7. The number of ether oxygens (including phenoxy) is 2. The average Bonchev–Trinajstić information content (AvgIpc) is 3.54. The van der Waals surface area contributed by atoms with E-state index in [0.717, 1.165) is 53.0 Å². The second-order valence-electron chi connectivity index (χ2n) is 8.92. The lowest BCUT2D eigenvalue weighted by molar-refractivity contribution is 0.171. The summed E-state index contributed by atoms with van der Waals surface area (Å²) in [6.07, 6.45) is 3.37. The fourth-order valence-electron chi connectivity index (χ4n) is 4.73. The minimum absolute atomic E-state index is 0.570. The highest BCUT2D eigenvalue weighted by atomic mass is 16.6. The molecule has 2 aromatic heterocycles. The van der Waals surface area contributed by atoms with Gasteiger partial charge >= 0.3 is 0 Å². The summed E-state index contributed by atoms with van der Waals surface area (Å²) in [6, 6.07) is 20.7. The second kappa shape index (κ2) is 9.35. The maximum Gasteiger partial charge on any atom is 0.162 e. The maximum absolute atomic E-state index is 5.76. The van der Waals surface area contributed by atoms with Crippen LogP contribution < -0.4 is 14.8 Å². The Bertz CT molecular complexity index is 1280. The first-order chi connectivity index (χ1) is 16.8. The van der Waals surface area contributed by atoms with Gasteiger partial charge in [-0.25, -0.2) is 9.50 Å². The zero-order chi connectivity index (χ0) is 22.7. The Labute approximate surface area is 199 Å². The molecule has 1 saturated heterocycles. The lowest BCUT2D eigenvalue weighted by Gasteiger charge is -2.19. The SMILES string of the molecule is c1cc(-c2ccc3c(c2)OCCO3)n2nc(Cc3ccc(NCCN4CCCC4)cc3)nc2c1. The molecule has 174 valence electrons. The fraction of sp³-hybridized carbons (Fsp3) is 0.333. The minimum atomic E-state index is 0.570. The molecule has 1 N–H and O–H groups in total. The number of nitrogens with one attached hydrogen (secondary N) is 1. The number of fused-ring (bicyclic) bond motifs is 2. The molecule has 2 aliphatic rings. The van der Waals surface area contributed by atoms with Crippen molar-refractivity contribution in [3.05, 3.63) is 72.1 Å². The maximum atomic E-state index is 5.76. The van der Waals surface area contributed by atoms with E-state index < -0.39 is 0 Å². The third-order valence-corrected chi connectivity index (χ3v) is 6.51. The van der Waals surface area contributed by atoms with Crippen molar-refractivity contribution >= 4 is 11.3 Å². The quantitative estimate of drug-likeness (QED) is 0.449. The molecule has 2 aliphatic heterocycles. The number of hydrogen-bond donors (Lipinski definition) is 1. The lowest BCUT2D eigenvalue weighted by Crippen LogP contribution is -2.25. The number of benzene rings is 2. The highest BCUT2D eigenvalue weighted by Gasteiger charge is 2.15. The average molecular weight is 456 g/mol. The molecule has 1 fully saturated rings. The molecule has 0 atom stereocenters. The van der Waals surface area contributed by atoms with Crippen molar-refractivity contribution in [2.24, 2.45) is 0 Å². The largest absolute Gasteiger partial charge is 0.486 e. The monoisotopic (exact) mass is 455 g/mol. The Morgan fingerprint density at radius 3 is 2.56 bits per heavy atom. The van der Waals surface area contributed by atoms with E-state index in [4.69, 9.17) is 19.6 Å². The molecule has 7 heteroatoms. The van der Waals surface area contributed by atoms with E-state index in [9.17, 15) is 0 Å². The summed E-state index contributed by atoms with van der Waals surface area (Å²) in [5.41, 5.74) is 5.19. The molecule has 0 unspecified atom stereocenters. The summed E-state index contributed by atoms with van der Waals surface area (Å²) in [5.74, 6) is 2.37. The van der Waals surface area contributed by atoms with Gasteiger partial charge in [0.15, 0.2) is 23.0 Å². The second-order valence-corrected chi connectivity index (χ2v) is 8.92. The third kappa shape index (κ3) is 4.43.